The van der Waals surface area contributed by atoms with Gasteiger partial charge in [0.25, 0.3) is 0 Å². The van der Waals surface area contributed by atoms with E-state index in [0.717, 1.165) is 29.2 Å². The van der Waals surface area contributed by atoms with Crippen molar-refractivity contribution in [3.05, 3.63) is 38.0 Å². The maximum absolute atomic E-state index is 4.48. The molecule has 2 N–H and O–H groups in total. The van der Waals surface area contributed by atoms with Gasteiger partial charge in [-0.05, 0) is 6.42 Å². The molecule has 0 saturated heterocycles. The Hall–Kier alpha value is -1.26. The lowest BCUT2D eigenvalue weighted by Gasteiger charge is -2.52. The van der Waals surface area contributed by atoms with E-state index in [0.29, 0.717) is 5.54 Å². The average molecular weight is 242 g/mol. The molecule has 2 unspecified atom stereocenters. The molecule has 18 heavy (non-hydrogen) atoms. The second-order valence-electron chi connectivity index (χ2n) is 5.81. The van der Waals surface area contributed by atoms with Crippen molar-refractivity contribution in [2.45, 2.75) is 31.2 Å². The Balaban J connectivity index is 1.82. The molecule has 1 spiro atoms. The second-order valence-corrected chi connectivity index (χ2v) is 5.81. The summed E-state index contributed by atoms with van der Waals surface area (Å²) in [5, 5.41) is 0. The summed E-state index contributed by atoms with van der Waals surface area (Å²) in [5.41, 5.74) is 5.43. The first-order valence-corrected chi connectivity index (χ1v) is 6.62. The molecule has 0 amide bonds. The van der Waals surface area contributed by atoms with Gasteiger partial charge in [-0.25, -0.2) is 9.97 Å². The summed E-state index contributed by atoms with van der Waals surface area (Å²) in [7, 11) is 8.56. The molecule has 1 aliphatic carbocycles. The van der Waals surface area contributed by atoms with Crippen LogP contribution in [-0.4, -0.2) is 22.1 Å². The summed E-state index contributed by atoms with van der Waals surface area (Å²) >= 11 is 0. The van der Waals surface area contributed by atoms with Crippen molar-refractivity contribution in [1.29, 1.82) is 0 Å². The Morgan fingerprint density at radius 2 is 2.11 bits per heavy atom. The molecule has 1 aromatic rings. The van der Waals surface area contributed by atoms with Crippen LogP contribution < -0.4 is 9.80 Å². The second kappa shape index (κ2) is 3.39. The van der Waals surface area contributed by atoms with Crippen molar-refractivity contribution in [3.63, 3.8) is 0 Å². The molecule has 1 saturated carbocycles. The van der Waals surface area contributed by atoms with E-state index in [4.69, 9.17) is 0 Å². The molecular formula is C14H18N4. The maximum Gasteiger partial charge on any atom is 0.154 e. The first-order valence-electron chi connectivity index (χ1n) is 6.62. The Morgan fingerprint density at radius 3 is 2.83 bits per heavy atom. The molecule has 2 atom stereocenters. The van der Waals surface area contributed by atoms with E-state index in [1.54, 1.807) is 6.33 Å². The van der Waals surface area contributed by atoms with Crippen LogP contribution in [0.2, 0.25) is 0 Å². The van der Waals surface area contributed by atoms with Gasteiger partial charge >= 0.3 is 0 Å². The molecule has 4 heteroatoms. The lowest BCUT2D eigenvalue weighted by molar-refractivity contribution is -0.929. The molecule has 1 fully saturated rings. The highest BCUT2D eigenvalue weighted by molar-refractivity contribution is 5.75. The van der Waals surface area contributed by atoms with Crippen molar-refractivity contribution >= 4 is 11.3 Å². The molecule has 3 aliphatic rings. The molecule has 4 nitrogen and oxygen atoms in total. The Bertz CT molecular complexity index is 544. The van der Waals surface area contributed by atoms with E-state index in [1.807, 2.05) is 6.20 Å². The van der Waals surface area contributed by atoms with Crippen LogP contribution in [-0.2, 0) is 0 Å². The summed E-state index contributed by atoms with van der Waals surface area (Å²) in [6.07, 6.45) is 8.62. The highest BCUT2D eigenvalue weighted by Crippen LogP contribution is 2.42. The predicted molar refractivity (Wildman–Crippen MR) is 67.3 cm³/mol. The van der Waals surface area contributed by atoms with Gasteiger partial charge in [0, 0.05) is 19.3 Å². The van der Waals surface area contributed by atoms with Gasteiger partial charge in [0.1, 0.15) is 24.3 Å². The molecule has 0 bridgehead atoms. The fraction of sp³-hybridized carbons (Fsp3) is 0.429. The number of hydrogen-bond acceptors (Lipinski definition) is 2. The fourth-order valence-corrected chi connectivity index (χ4v) is 3.68. The van der Waals surface area contributed by atoms with Crippen LogP contribution in [0.25, 0.3) is 5.57 Å². The third kappa shape index (κ3) is 1.17. The number of fused-ring (bicyclic) bond motifs is 2. The minimum Gasteiger partial charge on any atom is -0.455 e. The molecule has 1 aromatic heterocycles. The predicted octanol–water partition coefficient (Wildman–Crippen LogP) is -0.488. The minimum absolute atomic E-state index is 0.381. The highest BCUT2D eigenvalue weighted by atomic mass is 15.3. The van der Waals surface area contributed by atoms with Crippen molar-refractivity contribution in [2.75, 3.05) is 6.54 Å². The largest absolute Gasteiger partial charge is 0.455 e. The van der Waals surface area contributed by atoms with Gasteiger partial charge in [-0.15, -0.1) is 14.1 Å². The zero-order valence-corrected chi connectivity index (χ0v) is 10.5. The first-order chi connectivity index (χ1) is 8.71. The summed E-state index contributed by atoms with van der Waals surface area (Å²) < 4.78 is 0. The maximum atomic E-state index is 4.48. The molecule has 4 rings (SSSR count). The van der Waals surface area contributed by atoms with Crippen molar-refractivity contribution in [3.8, 4) is 0 Å². The normalized spacial score (nSPS) is 32.1. The van der Waals surface area contributed by atoms with Crippen LogP contribution in [0.15, 0.2) is 18.2 Å². The smallest absolute Gasteiger partial charge is 0.154 e. The number of rotatable bonds is 0. The van der Waals surface area contributed by atoms with Crippen LogP contribution in [0.3, 0.4) is 0 Å². The van der Waals surface area contributed by atoms with E-state index in [1.165, 1.54) is 35.4 Å². The Labute approximate surface area is 107 Å². The van der Waals surface area contributed by atoms with E-state index in [-0.39, 0.29) is 0 Å². The molecule has 2 aliphatic heterocycles. The fourth-order valence-electron chi connectivity index (χ4n) is 3.68. The van der Waals surface area contributed by atoms with Crippen LogP contribution in [0, 0.1) is 14.1 Å². The molecule has 94 valence electrons. The van der Waals surface area contributed by atoms with Crippen LogP contribution in [0.1, 0.15) is 31.4 Å². The van der Waals surface area contributed by atoms with Gasteiger partial charge in [0.15, 0.2) is 5.69 Å². The number of quaternary nitrogens is 2. The lowest BCUT2D eigenvalue weighted by Crippen LogP contribution is -3.20. The van der Waals surface area contributed by atoms with E-state index in [2.05, 4.69) is 24.1 Å². The summed E-state index contributed by atoms with van der Waals surface area (Å²) in [5.74, 6) is 0. The van der Waals surface area contributed by atoms with Crippen LogP contribution in [0.4, 0.5) is 5.69 Å². The minimum atomic E-state index is 0.381. The zero-order chi connectivity index (χ0) is 12.3. The number of nitrogens with one attached hydrogen (secondary N) is 2. The van der Waals surface area contributed by atoms with Crippen LogP contribution >= 0.6 is 0 Å². The van der Waals surface area contributed by atoms with Crippen molar-refractivity contribution in [1.82, 2.24) is 9.97 Å². The number of hydrogen-bond donors (Lipinski definition) is 2. The first kappa shape index (κ1) is 10.6. The van der Waals surface area contributed by atoms with E-state index in [9.17, 15) is 0 Å². The van der Waals surface area contributed by atoms with Crippen molar-refractivity contribution < 1.29 is 9.80 Å². The monoisotopic (exact) mass is 242 g/mol. The molecular weight excluding hydrogens is 224 g/mol. The van der Waals surface area contributed by atoms with E-state index < -0.39 is 0 Å². The molecule has 0 radical (unpaired) electrons. The van der Waals surface area contributed by atoms with Gasteiger partial charge in [0.2, 0.25) is 0 Å². The average Bonchev–Trinajstić information content (AvgIpc) is 2.61. The topological polar surface area (TPSA) is 34.7 Å². The summed E-state index contributed by atoms with van der Waals surface area (Å²) in [6.45, 7) is 0.991. The number of aromatic nitrogens is 2. The van der Waals surface area contributed by atoms with Gasteiger partial charge in [-0.3, -0.25) is 0 Å². The third-order valence-corrected chi connectivity index (χ3v) is 5.02. The summed E-state index contributed by atoms with van der Waals surface area (Å²) in [4.78, 5) is 11.1. The Kier molecular flexibility index (Phi) is 2.01. The van der Waals surface area contributed by atoms with E-state index >= 15 is 0 Å². The molecule has 0 aromatic carbocycles. The lowest BCUT2D eigenvalue weighted by atomic mass is 9.69. The van der Waals surface area contributed by atoms with Gasteiger partial charge in [0.05, 0.1) is 17.3 Å². The van der Waals surface area contributed by atoms with Crippen LogP contribution in [0.5, 0.6) is 0 Å². The third-order valence-electron chi connectivity index (χ3n) is 5.02. The summed E-state index contributed by atoms with van der Waals surface area (Å²) in [6, 6.07) is 0. The quantitative estimate of drug-likeness (QED) is 0.602. The molecule has 3 heterocycles. The zero-order valence-electron chi connectivity index (χ0n) is 10.5. The van der Waals surface area contributed by atoms with Gasteiger partial charge in [-0.2, -0.15) is 0 Å². The standard InChI is InChI=1S/C14H18N4/c1-17-8-12-10(6-14(17)4-3-5-14)13-11(18(12)2)7-15-9-16-13/h7,9,17-18H,1-6,8H2. The number of nitrogens with zero attached hydrogens (tertiary/aromatic N) is 2. The highest BCUT2D eigenvalue weighted by Gasteiger charge is 2.50. The SMILES string of the molecule is [CH2-][NH+]1C2=C(CC3(CCC3)[NH+]([CH2-])C2)c2ncncc21. The van der Waals surface area contributed by atoms with Gasteiger partial charge < -0.3 is 9.80 Å². The van der Waals surface area contributed by atoms with Gasteiger partial charge in [-0.1, -0.05) is 0 Å². The van der Waals surface area contributed by atoms with Crippen molar-refractivity contribution in [2.24, 2.45) is 0 Å². The Morgan fingerprint density at radius 1 is 1.28 bits per heavy atom.